The zero-order valence-electron chi connectivity index (χ0n) is 10.7. The molecule has 1 N–H and O–H groups in total. The second-order valence-electron chi connectivity index (χ2n) is 4.91. The van der Waals surface area contributed by atoms with Crippen molar-refractivity contribution in [3.8, 4) is 6.07 Å². The lowest BCUT2D eigenvalue weighted by molar-refractivity contribution is 0.113. The molecule has 0 radical (unpaired) electrons. The van der Waals surface area contributed by atoms with Gasteiger partial charge in [0.05, 0.1) is 18.1 Å². The quantitative estimate of drug-likeness (QED) is 0.891. The molecule has 0 saturated carbocycles. The molecule has 2 nitrogen and oxygen atoms in total. The number of nitrogens with zero attached hydrogens (tertiary/aromatic N) is 1. The van der Waals surface area contributed by atoms with E-state index >= 15 is 0 Å². The molecule has 92 valence electrons. The van der Waals surface area contributed by atoms with Crippen LogP contribution in [0.4, 0.5) is 0 Å². The minimum absolute atomic E-state index is 0.0635. The molecule has 0 aliphatic rings. The number of aliphatic hydroxyl groups excluding tert-OH is 1. The van der Waals surface area contributed by atoms with E-state index in [1.807, 2.05) is 56.3 Å². The topological polar surface area (TPSA) is 44.0 Å². The predicted molar refractivity (Wildman–Crippen MR) is 73.1 cm³/mol. The number of fused-ring (bicyclic) bond motifs is 1. The van der Waals surface area contributed by atoms with Gasteiger partial charge in [-0.05, 0) is 22.3 Å². The van der Waals surface area contributed by atoms with E-state index in [2.05, 4.69) is 6.07 Å². The number of nitriles is 1. The Hall–Kier alpha value is -1.85. The first-order valence-electron chi connectivity index (χ1n) is 6.20. The molecule has 0 saturated heterocycles. The van der Waals surface area contributed by atoms with Crippen LogP contribution < -0.4 is 0 Å². The van der Waals surface area contributed by atoms with E-state index in [0.29, 0.717) is 0 Å². The summed E-state index contributed by atoms with van der Waals surface area (Å²) in [7, 11) is 0. The Morgan fingerprint density at radius 3 is 2.39 bits per heavy atom. The highest BCUT2D eigenvalue weighted by Gasteiger charge is 2.24. The Bertz CT molecular complexity index is 578. The van der Waals surface area contributed by atoms with E-state index in [0.717, 1.165) is 16.3 Å². The van der Waals surface area contributed by atoms with Gasteiger partial charge in [-0.1, -0.05) is 56.3 Å². The average molecular weight is 239 g/mol. The molecule has 2 aromatic carbocycles. The van der Waals surface area contributed by atoms with Gasteiger partial charge in [0.2, 0.25) is 0 Å². The molecule has 2 aromatic rings. The summed E-state index contributed by atoms with van der Waals surface area (Å²) in [6, 6.07) is 16.1. The molecule has 2 rings (SSSR count). The van der Waals surface area contributed by atoms with Crippen LogP contribution in [0.1, 0.15) is 25.3 Å². The Morgan fingerprint density at radius 2 is 1.72 bits per heavy atom. The van der Waals surface area contributed by atoms with Crippen molar-refractivity contribution in [3.05, 3.63) is 48.0 Å². The Morgan fingerprint density at radius 1 is 1.06 bits per heavy atom. The molecule has 0 bridgehead atoms. The SMILES string of the molecule is CC(C)C(O)C(C#N)c1cccc2ccccc12. The fourth-order valence-electron chi connectivity index (χ4n) is 2.24. The lowest BCUT2D eigenvalue weighted by atomic mass is 9.86. The van der Waals surface area contributed by atoms with Gasteiger partial charge in [-0.25, -0.2) is 0 Å². The third kappa shape index (κ3) is 2.23. The summed E-state index contributed by atoms with van der Waals surface area (Å²) < 4.78 is 0. The molecule has 18 heavy (non-hydrogen) atoms. The normalized spacial score (nSPS) is 14.4. The fraction of sp³-hybridized carbons (Fsp3) is 0.312. The van der Waals surface area contributed by atoms with Gasteiger partial charge >= 0.3 is 0 Å². The van der Waals surface area contributed by atoms with Crippen molar-refractivity contribution in [2.75, 3.05) is 0 Å². The largest absolute Gasteiger partial charge is 0.391 e. The first-order valence-corrected chi connectivity index (χ1v) is 6.20. The molecule has 0 spiro atoms. The third-order valence-electron chi connectivity index (χ3n) is 3.32. The number of benzene rings is 2. The predicted octanol–water partition coefficient (Wildman–Crippen LogP) is 3.46. The van der Waals surface area contributed by atoms with E-state index in [-0.39, 0.29) is 5.92 Å². The van der Waals surface area contributed by atoms with Gasteiger partial charge in [-0.2, -0.15) is 5.26 Å². The molecule has 0 aromatic heterocycles. The van der Waals surface area contributed by atoms with Gasteiger partial charge < -0.3 is 5.11 Å². The van der Waals surface area contributed by atoms with E-state index in [1.54, 1.807) is 0 Å². The van der Waals surface area contributed by atoms with Crippen LogP contribution in [-0.4, -0.2) is 11.2 Å². The van der Waals surface area contributed by atoms with Gasteiger partial charge in [0, 0.05) is 0 Å². The van der Waals surface area contributed by atoms with Crippen molar-refractivity contribution in [1.82, 2.24) is 0 Å². The minimum Gasteiger partial charge on any atom is -0.391 e. The molecule has 2 unspecified atom stereocenters. The maximum absolute atomic E-state index is 10.2. The number of aliphatic hydroxyl groups is 1. The molecule has 2 heteroatoms. The Balaban J connectivity index is 2.56. The molecule has 0 heterocycles. The first-order chi connectivity index (χ1) is 8.65. The number of rotatable bonds is 3. The summed E-state index contributed by atoms with van der Waals surface area (Å²) >= 11 is 0. The third-order valence-corrected chi connectivity index (χ3v) is 3.32. The van der Waals surface area contributed by atoms with Crippen molar-refractivity contribution in [3.63, 3.8) is 0 Å². The van der Waals surface area contributed by atoms with Crippen molar-refractivity contribution < 1.29 is 5.11 Å². The zero-order chi connectivity index (χ0) is 13.1. The van der Waals surface area contributed by atoms with Crippen LogP contribution >= 0.6 is 0 Å². The van der Waals surface area contributed by atoms with E-state index < -0.39 is 12.0 Å². The highest BCUT2D eigenvalue weighted by molar-refractivity contribution is 5.86. The molecule has 0 fully saturated rings. The van der Waals surface area contributed by atoms with Crippen molar-refractivity contribution in [2.24, 2.45) is 5.92 Å². The van der Waals surface area contributed by atoms with Crippen molar-refractivity contribution >= 4 is 10.8 Å². The molecule has 0 aliphatic heterocycles. The standard InChI is InChI=1S/C16H17NO/c1-11(2)16(18)15(10-17)14-9-5-7-12-6-3-4-8-13(12)14/h3-9,11,15-16,18H,1-2H3. The van der Waals surface area contributed by atoms with Crippen LogP contribution in [0, 0.1) is 17.2 Å². The van der Waals surface area contributed by atoms with Crippen molar-refractivity contribution in [1.29, 1.82) is 5.26 Å². The number of hydrogen-bond donors (Lipinski definition) is 1. The lowest BCUT2D eigenvalue weighted by Crippen LogP contribution is -2.23. The van der Waals surface area contributed by atoms with Gasteiger partial charge in [0.15, 0.2) is 0 Å². The summed E-state index contributed by atoms with van der Waals surface area (Å²) in [5.74, 6) is -0.412. The van der Waals surface area contributed by atoms with Crippen molar-refractivity contribution in [2.45, 2.75) is 25.9 Å². The Labute approximate surface area is 107 Å². The smallest absolute Gasteiger partial charge is 0.0980 e. The fourth-order valence-corrected chi connectivity index (χ4v) is 2.24. The molecular formula is C16H17NO. The van der Waals surface area contributed by atoms with Gasteiger partial charge in [0.25, 0.3) is 0 Å². The van der Waals surface area contributed by atoms with Crippen LogP contribution in [0.25, 0.3) is 10.8 Å². The van der Waals surface area contributed by atoms with Gasteiger partial charge in [0.1, 0.15) is 0 Å². The highest BCUT2D eigenvalue weighted by Crippen LogP contribution is 2.29. The van der Waals surface area contributed by atoms with E-state index in [4.69, 9.17) is 0 Å². The Kier molecular flexibility index (Phi) is 3.64. The van der Waals surface area contributed by atoms with Gasteiger partial charge in [-0.3, -0.25) is 0 Å². The van der Waals surface area contributed by atoms with Crippen LogP contribution in [0.5, 0.6) is 0 Å². The van der Waals surface area contributed by atoms with Gasteiger partial charge in [-0.15, -0.1) is 0 Å². The van der Waals surface area contributed by atoms with Crippen LogP contribution in [-0.2, 0) is 0 Å². The molecule has 2 atom stereocenters. The monoisotopic (exact) mass is 239 g/mol. The van der Waals surface area contributed by atoms with E-state index in [9.17, 15) is 10.4 Å². The second-order valence-corrected chi connectivity index (χ2v) is 4.91. The van der Waals surface area contributed by atoms with Crippen LogP contribution in [0.3, 0.4) is 0 Å². The molecule has 0 aliphatic carbocycles. The maximum Gasteiger partial charge on any atom is 0.0980 e. The molecule has 0 amide bonds. The summed E-state index contributed by atoms with van der Waals surface area (Å²) in [4.78, 5) is 0. The summed E-state index contributed by atoms with van der Waals surface area (Å²) in [5, 5.41) is 21.7. The minimum atomic E-state index is -0.638. The lowest BCUT2D eigenvalue weighted by Gasteiger charge is -2.21. The maximum atomic E-state index is 10.2. The van der Waals surface area contributed by atoms with Crippen LogP contribution in [0.2, 0.25) is 0 Å². The first kappa shape index (κ1) is 12.6. The summed E-state index contributed by atoms with van der Waals surface area (Å²) in [5.41, 5.74) is 0.914. The zero-order valence-corrected chi connectivity index (χ0v) is 10.7. The highest BCUT2D eigenvalue weighted by atomic mass is 16.3. The molecular weight excluding hydrogens is 222 g/mol. The summed E-state index contributed by atoms with van der Waals surface area (Å²) in [6.07, 6.45) is -0.638. The number of hydrogen-bond acceptors (Lipinski definition) is 2. The van der Waals surface area contributed by atoms with E-state index in [1.165, 1.54) is 0 Å². The second kappa shape index (κ2) is 5.20. The average Bonchev–Trinajstić information content (AvgIpc) is 2.39. The summed E-state index contributed by atoms with van der Waals surface area (Å²) in [6.45, 7) is 3.86. The van der Waals surface area contributed by atoms with Crippen LogP contribution in [0.15, 0.2) is 42.5 Å².